The number of alkyl carbamates (subject to hydrolysis) is 1. The lowest BCUT2D eigenvalue weighted by Gasteiger charge is -2.24. The number of nitrogens with zero attached hydrogens (tertiary/aromatic N) is 6. The molecule has 40 heteroatoms. The molecule has 5 aliphatic rings. The Hall–Kier alpha value is -8.71. The molecule has 4 fully saturated rings. The van der Waals surface area contributed by atoms with Gasteiger partial charge < -0.3 is 88.1 Å². The summed E-state index contributed by atoms with van der Waals surface area (Å²) in [6.45, 7) is 10.7. The van der Waals surface area contributed by atoms with Crippen molar-refractivity contribution in [3.63, 3.8) is 0 Å². The second kappa shape index (κ2) is 46.9. The molecule has 4 unspecified atom stereocenters. The van der Waals surface area contributed by atoms with Crippen LogP contribution in [0.4, 0.5) is 21.2 Å². The van der Waals surface area contributed by atoms with Crippen LogP contribution in [0.1, 0.15) is 93.4 Å². The lowest BCUT2D eigenvalue weighted by molar-refractivity contribution is -0.132. The fourth-order valence-corrected chi connectivity index (χ4v) is 14.7. The van der Waals surface area contributed by atoms with Crippen molar-refractivity contribution in [3.8, 4) is 17.7 Å². The Labute approximate surface area is 665 Å². The largest absolute Gasteiger partial charge is 0.697 e. The van der Waals surface area contributed by atoms with E-state index in [1.807, 2.05) is 0 Å². The number of amides is 6. The molecule has 2 aromatic carbocycles. The van der Waals surface area contributed by atoms with Crippen LogP contribution in [0.5, 0.6) is 5.88 Å². The van der Waals surface area contributed by atoms with Crippen LogP contribution in [0.2, 0.25) is 0 Å². The van der Waals surface area contributed by atoms with E-state index in [2.05, 4.69) is 63.3 Å². The van der Waals surface area contributed by atoms with Gasteiger partial charge in [-0.1, -0.05) is 44.2 Å². The third-order valence-corrected chi connectivity index (χ3v) is 20.8. The average Bonchev–Trinajstić information content (AvgIpc) is 1.61. The third kappa shape index (κ3) is 28.6. The highest BCUT2D eigenvalue weighted by Crippen LogP contribution is 2.52. The van der Waals surface area contributed by atoms with E-state index in [0.717, 1.165) is 25.7 Å². The van der Waals surface area contributed by atoms with E-state index in [1.54, 1.807) is 62.4 Å². The van der Waals surface area contributed by atoms with Gasteiger partial charge in [-0.2, -0.15) is 4.98 Å². The summed E-state index contributed by atoms with van der Waals surface area (Å²) in [4.78, 5) is 113. The highest BCUT2D eigenvalue weighted by Gasteiger charge is 2.54. The quantitative estimate of drug-likeness (QED) is 0.0145. The number of benzene rings is 2. The number of fused-ring (bicyclic) bond motifs is 5. The minimum Gasteiger partial charge on any atom is -0.474 e. The number of H-pyrrole nitrogens is 1. The molecule has 3 aromatic heterocycles. The predicted octanol–water partition coefficient (Wildman–Crippen LogP) is 5.45. The first kappa shape index (κ1) is 88.7. The predicted molar refractivity (Wildman–Crippen MR) is 407 cm³/mol. The van der Waals surface area contributed by atoms with E-state index in [9.17, 15) is 47.8 Å². The first-order chi connectivity index (χ1) is 55.8. The summed E-state index contributed by atoms with van der Waals surface area (Å²) in [7, 11) is -4.26. The maximum atomic E-state index is 14.0. The molecule has 2 saturated heterocycles. The van der Waals surface area contributed by atoms with Crippen LogP contribution < -0.4 is 36.9 Å². The number of imidazole rings is 1. The zero-order valence-corrected chi connectivity index (χ0v) is 66.5. The number of aliphatic hydroxyl groups excluding tert-OH is 1. The number of aliphatic hydroxyl groups is 1. The molecule has 3 aliphatic carbocycles. The minimum atomic E-state index is -2.95. The topological polar surface area (TPSA) is 457 Å². The van der Waals surface area contributed by atoms with Crippen molar-refractivity contribution in [2.45, 2.75) is 128 Å². The monoisotopic (exact) mass is 1650 g/mol. The van der Waals surface area contributed by atoms with Crippen molar-refractivity contribution >= 4 is 75.1 Å². The van der Waals surface area contributed by atoms with Gasteiger partial charge in [-0.05, 0) is 79.2 Å². The van der Waals surface area contributed by atoms with Crippen molar-refractivity contribution in [1.29, 1.82) is 0 Å². The van der Waals surface area contributed by atoms with Crippen LogP contribution in [-0.2, 0) is 107 Å². The van der Waals surface area contributed by atoms with E-state index >= 15 is 0 Å². The lowest BCUT2D eigenvalue weighted by atomic mass is 10.0. The maximum absolute atomic E-state index is 14.0. The van der Waals surface area contributed by atoms with Gasteiger partial charge in [-0.15, -0.1) is 29.9 Å². The Kier molecular flexibility index (Phi) is 36.1. The van der Waals surface area contributed by atoms with E-state index in [-0.39, 0.29) is 81.0 Å². The molecule has 2 bridgehead atoms. The number of carbonyl (C=O) groups excluding carboxylic acids is 6. The number of nitrogens with one attached hydrogen (secondary N) is 6. The van der Waals surface area contributed by atoms with Gasteiger partial charge in [0.05, 0.1) is 119 Å². The fraction of sp³-hybridized carbons (Fsp3) is 0.613. The van der Waals surface area contributed by atoms with Gasteiger partial charge in [0.2, 0.25) is 29.5 Å². The number of hydrogen-bond donors (Lipinski definition) is 7. The van der Waals surface area contributed by atoms with Gasteiger partial charge in [0.1, 0.15) is 62.6 Å². The molecule has 7 N–H and O–H groups in total. The molecule has 10 rings (SSSR count). The van der Waals surface area contributed by atoms with Gasteiger partial charge in [-0.3, -0.25) is 38.8 Å². The molecular formula is C75H102N12O26P2+2. The van der Waals surface area contributed by atoms with E-state index in [4.69, 9.17) is 74.9 Å². The van der Waals surface area contributed by atoms with Crippen molar-refractivity contribution in [1.82, 2.24) is 50.3 Å². The number of aromatic amines is 1. The van der Waals surface area contributed by atoms with Gasteiger partial charge in [0.15, 0.2) is 23.5 Å². The van der Waals surface area contributed by atoms with Gasteiger partial charge >= 0.3 is 28.7 Å². The van der Waals surface area contributed by atoms with Crippen LogP contribution >= 0.6 is 16.5 Å². The average molecular weight is 1650 g/mol. The fourth-order valence-electron chi connectivity index (χ4n) is 13.1. The molecular weight excluding hydrogens is 1550 g/mol. The number of carbonyl (C=O) groups is 6. The van der Waals surface area contributed by atoms with E-state index in [1.165, 1.54) is 48.4 Å². The summed E-state index contributed by atoms with van der Waals surface area (Å²) >= 11 is 0. The molecule has 14 atom stereocenters. The zero-order chi connectivity index (χ0) is 81.3. The molecule has 2 aliphatic heterocycles. The van der Waals surface area contributed by atoms with Gasteiger partial charge in [0.25, 0.3) is 11.5 Å². The summed E-state index contributed by atoms with van der Waals surface area (Å²) in [6, 6.07) is 12.5. The van der Waals surface area contributed by atoms with Crippen LogP contribution in [0.3, 0.4) is 0 Å². The zero-order valence-electron chi connectivity index (χ0n) is 64.7. The van der Waals surface area contributed by atoms with E-state index < -0.39 is 119 Å². The number of ether oxygens (including phenoxy) is 12. The highest BCUT2D eigenvalue weighted by molar-refractivity contribution is 7.33. The van der Waals surface area contributed by atoms with Gasteiger partial charge in [0, 0.05) is 84.4 Å². The van der Waals surface area contributed by atoms with Crippen molar-refractivity contribution in [3.05, 3.63) is 100 Å². The molecule has 38 nitrogen and oxygen atoms in total. The number of aromatic nitrogens is 6. The molecule has 0 spiro atoms. The van der Waals surface area contributed by atoms with Crippen LogP contribution in [0.15, 0.2) is 78.2 Å². The minimum absolute atomic E-state index is 0.0153. The van der Waals surface area contributed by atoms with E-state index in [0.29, 0.717) is 146 Å². The second-order valence-electron chi connectivity index (χ2n) is 27.9. The summed E-state index contributed by atoms with van der Waals surface area (Å²) < 4.78 is 118. The lowest BCUT2D eigenvalue weighted by Crippen LogP contribution is -2.53. The summed E-state index contributed by atoms with van der Waals surface area (Å²) in [5.74, 6) is 5.12. The maximum Gasteiger partial charge on any atom is 0.697 e. The van der Waals surface area contributed by atoms with Crippen LogP contribution in [0, 0.1) is 41.4 Å². The molecule has 115 heavy (non-hydrogen) atoms. The molecule has 0 radical (unpaired) electrons. The smallest absolute Gasteiger partial charge is 0.474 e. The summed E-state index contributed by atoms with van der Waals surface area (Å²) in [5.41, 5.74) is 0.322. The number of rotatable bonds is 44. The van der Waals surface area contributed by atoms with Crippen LogP contribution in [-0.4, -0.2) is 257 Å². The molecule has 5 heterocycles. The van der Waals surface area contributed by atoms with Crippen molar-refractivity contribution in [2.75, 3.05) is 150 Å². The second-order valence-corrected chi connectivity index (χ2v) is 29.7. The van der Waals surface area contributed by atoms with Crippen molar-refractivity contribution < 1.29 is 118 Å². The third-order valence-electron chi connectivity index (χ3n) is 19.3. The summed E-state index contributed by atoms with van der Waals surface area (Å²) in [5, 5.41) is 24.9. The Morgan fingerprint density at radius 2 is 1.34 bits per heavy atom. The Balaban J connectivity index is 0.539. The Bertz CT molecular complexity index is 4090. The molecule has 6 amide bonds. The SMILES string of the molecule is CC(C)[C@H](NC(=O)CCOCCOCCOCCOCCOCCOCCOCCOCCNC(=O)OCC1[C@H]2CCC#CCC[C@@H]12)C(=O)N[C@@H](C)C(=O)Nc1ccc(COC(=O)N(C)Cc2ccccc2C(=O)Nc2nc3c(ncn3[C@@H]3O[C@@H]4CO[P+](=O)O[C@H]5C[C@H](Oc6ccncn6)CC5CO[P+](=O)O[C@@H]3[C@@H]4O)c(=O)[nH]2)cc1. The van der Waals surface area contributed by atoms with Gasteiger partial charge in [-0.25, -0.2) is 24.5 Å². The first-order valence-corrected chi connectivity index (χ1v) is 40.6. The molecule has 2 saturated carbocycles. The van der Waals surface area contributed by atoms with Crippen LogP contribution in [0.25, 0.3) is 11.2 Å². The standard InChI is InChI=1S/C75H100N12O26P2/c1-48(2)63(82-61(88)20-23-98-25-27-100-29-31-102-33-35-104-37-38-105-36-34-103-32-30-101-28-26-99-24-22-77-74(94)106-44-58-56-13-7-5-6-8-14-57(56)58)70(92)80-49(3)68(90)81-53-17-15-50(16-18-53)42-107-75(95)86(4)41-51-11-9-10-12-55(51)69(91)84-73-83-67-64(71(93)85-73)79-47-87(67)72-66-65(89)60(111-72)45-109-114(96)112-59-40-54(110-62-19-21-76-46-78-62)39-52(59)43-108-115(97)113-66/h9-12,15-19,21,46-49,52,54,56-60,63,65-66,72,89H,7-8,13-14,20,22-45H2,1-4H3,(H4-2,77,80,81,82,83,84,85,88,90,91,92,93,94)/p+2/t49-,52?,54+,56-,57+,58?,59-,60+,63-,65+,66+,72+/m0/s1. The highest BCUT2D eigenvalue weighted by atomic mass is 31.1. The number of hydrogen-bond acceptors (Lipinski definition) is 30. The Morgan fingerprint density at radius 1 is 0.713 bits per heavy atom. The first-order valence-electron chi connectivity index (χ1n) is 38.4. The summed E-state index contributed by atoms with van der Waals surface area (Å²) in [6.07, 6.45) is 0.820. The molecule has 5 aromatic rings. The Morgan fingerprint density at radius 3 is 1.98 bits per heavy atom. The number of anilines is 2. The van der Waals surface area contributed by atoms with Crippen molar-refractivity contribution in [2.24, 2.45) is 29.6 Å². The molecule has 626 valence electrons. The normalized spacial score (nSPS) is 22.4.